The quantitative estimate of drug-likeness (QED) is 0.468. The van der Waals surface area contributed by atoms with Gasteiger partial charge in [0.05, 0.1) is 0 Å². The zero-order chi connectivity index (χ0) is 12.3. The summed E-state index contributed by atoms with van der Waals surface area (Å²) in [7, 11) is 0. The second-order valence-corrected chi connectivity index (χ2v) is 3.16. The van der Waals surface area contributed by atoms with Crippen LogP contribution in [0.1, 0.15) is 10.5 Å². The average molecular weight is 252 g/mol. The summed E-state index contributed by atoms with van der Waals surface area (Å²) in [4.78, 5) is 25.1. The van der Waals surface area contributed by atoms with Crippen molar-refractivity contribution in [3.8, 4) is 0 Å². The number of Topliss-reactive ketones (excluding diaryl/α,β-unsaturated/α-hetero) is 2. The fourth-order valence-corrected chi connectivity index (χ4v) is 1.08. The molecule has 0 aliphatic carbocycles. The standard InChI is InChI=1S/C9H5ClF3NO2/c10-5-3-1-2-4(14-5)7(15)6(11)8(16)9(12)13/h1-3,6,9H. The van der Waals surface area contributed by atoms with E-state index < -0.39 is 29.9 Å². The van der Waals surface area contributed by atoms with Gasteiger partial charge in [0.1, 0.15) is 10.8 Å². The summed E-state index contributed by atoms with van der Waals surface area (Å²) in [6, 6.07) is 3.70. The lowest BCUT2D eigenvalue weighted by Gasteiger charge is -2.04. The summed E-state index contributed by atoms with van der Waals surface area (Å²) in [5.41, 5.74) is -0.464. The number of hydrogen-bond donors (Lipinski definition) is 0. The van der Waals surface area contributed by atoms with Crippen molar-refractivity contribution in [2.45, 2.75) is 12.6 Å². The first-order chi connectivity index (χ1) is 7.43. The van der Waals surface area contributed by atoms with Crippen molar-refractivity contribution in [1.29, 1.82) is 0 Å². The normalized spacial score (nSPS) is 12.6. The van der Waals surface area contributed by atoms with Crippen molar-refractivity contribution in [2.75, 3.05) is 0 Å². The maximum Gasteiger partial charge on any atom is 0.299 e. The van der Waals surface area contributed by atoms with E-state index in [0.29, 0.717) is 0 Å². The zero-order valence-electron chi connectivity index (χ0n) is 7.66. The highest BCUT2D eigenvalue weighted by Gasteiger charge is 2.33. The maximum absolute atomic E-state index is 13.0. The van der Waals surface area contributed by atoms with E-state index in [1.807, 2.05) is 0 Å². The molecule has 0 radical (unpaired) electrons. The van der Waals surface area contributed by atoms with Crippen LogP contribution in [0.3, 0.4) is 0 Å². The Balaban J connectivity index is 2.90. The van der Waals surface area contributed by atoms with E-state index in [1.165, 1.54) is 12.1 Å². The smallest absolute Gasteiger partial charge is 0.289 e. The van der Waals surface area contributed by atoms with Gasteiger partial charge in [-0.15, -0.1) is 0 Å². The monoisotopic (exact) mass is 251 g/mol. The van der Waals surface area contributed by atoms with Gasteiger partial charge in [0.15, 0.2) is 0 Å². The van der Waals surface area contributed by atoms with Crippen LogP contribution >= 0.6 is 11.6 Å². The number of halogens is 4. The molecule has 0 aliphatic rings. The van der Waals surface area contributed by atoms with Crippen LogP contribution < -0.4 is 0 Å². The third-order valence-electron chi connectivity index (χ3n) is 1.66. The van der Waals surface area contributed by atoms with Gasteiger partial charge in [0, 0.05) is 0 Å². The molecule has 7 heteroatoms. The van der Waals surface area contributed by atoms with Gasteiger partial charge in [-0.25, -0.2) is 18.2 Å². The molecule has 0 aliphatic heterocycles. The molecule has 0 saturated carbocycles. The Bertz CT molecular complexity index is 425. The number of alkyl halides is 3. The molecule has 0 saturated heterocycles. The minimum absolute atomic E-state index is 0.0949. The largest absolute Gasteiger partial charge is 0.299 e. The minimum atomic E-state index is -3.53. The van der Waals surface area contributed by atoms with Crippen LogP contribution in [0.15, 0.2) is 18.2 Å². The molecule has 86 valence electrons. The number of pyridine rings is 1. The molecular weight excluding hydrogens is 247 g/mol. The SMILES string of the molecule is O=C(c1cccc(Cl)n1)C(F)C(=O)C(F)F. The Morgan fingerprint density at radius 2 is 1.88 bits per heavy atom. The van der Waals surface area contributed by atoms with Gasteiger partial charge in [-0.1, -0.05) is 17.7 Å². The van der Waals surface area contributed by atoms with E-state index in [2.05, 4.69) is 4.98 Å². The van der Waals surface area contributed by atoms with Crippen molar-refractivity contribution in [2.24, 2.45) is 0 Å². The first-order valence-corrected chi connectivity index (χ1v) is 4.44. The van der Waals surface area contributed by atoms with Gasteiger partial charge in [-0.05, 0) is 12.1 Å². The maximum atomic E-state index is 13.0. The molecule has 0 spiro atoms. The number of nitrogens with zero attached hydrogens (tertiary/aromatic N) is 1. The molecule has 1 aromatic heterocycles. The second-order valence-electron chi connectivity index (χ2n) is 2.78. The van der Waals surface area contributed by atoms with Crippen LogP contribution in [0, 0.1) is 0 Å². The number of rotatable bonds is 4. The predicted molar refractivity (Wildman–Crippen MR) is 49.5 cm³/mol. The number of carbonyl (C=O) groups is 2. The lowest BCUT2D eigenvalue weighted by molar-refractivity contribution is -0.132. The van der Waals surface area contributed by atoms with Gasteiger partial charge in [0.25, 0.3) is 6.43 Å². The highest BCUT2D eigenvalue weighted by Crippen LogP contribution is 2.11. The Morgan fingerprint density at radius 3 is 2.38 bits per heavy atom. The van der Waals surface area contributed by atoms with Crippen molar-refractivity contribution >= 4 is 23.2 Å². The second kappa shape index (κ2) is 5.07. The Labute approximate surface area is 93.2 Å². The first-order valence-electron chi connectivity index (χ1n) is 4.06. The summed E-state index contributed by atoms with van der Waals surface area (Å²) in [6.45, 7) is 0. The Morgan fingerprint density at radius 1 is 1.25 bits per heavy atom. The predicted octanol–water partition coefficient (Wildman–Crippen LogP) is 2.09. The van der Waals surface area contributed by atoms with E-state index in [1.54, 1.807) is 0 Å². The van der Waals surface area contributed by atoms with Crippen molar-refractivity contribution in [3.05, 3.63) is 29.0 Å². The van der Waals surface area contributed by atoms with E-state index in [4.69, 9.17) is 11.6 Å². The summed E-state index contributed by atoms with van der Waals surface area (Å²) < 4.78 is 36.7. The topological polar surface area (TPSA) is 47.0 Å². The van der Waals surface area contributed by atoms with Crippen LogP contribution in [0.4, 0.5) is 13.2 Å². The van der Waals surface area contributed by atoms with Crippen molar-refractivity contribution < 1.29 is 22.8 Å². The van der Waals surface area contributed by atoms with Crippen LogP contribution in [0.5, 0.6) is 0 Å². The fourth-order valence-electron chi connectivity index (χ4n) is 0.915. The molecule has 1 heterocycles. The molecule has 0 aromatic carbocycles. The summed E-state index contributed by atoms with van der Waals surface area (Å²) in [5, 5.41) is -0.0949. The Kier molecular flexibility index (Phi) is 4.00. The van der Waals surface area contributed by atoms with Gasteiger partial charge < -0.3 is 0 Å². The Hall–Kier alpha value is -1.43. The molecule has 1 rings (SSSR count). The molecule has 3 nitrogen and oxygen atoms in total. The number of hydrogen-bond acceptors (Lipinski definition) is 3. The molecule has 1 atom stereocenters. The van der Waals surface area contributed by atoms with Crippen molar-refractivity contribution in [3.63, 3.8) is 0 Å². The number of aromatic nitrogens is 1. The molecule has 1 unspecified atom stereocenters. The van der Waals surface area contributed by atoms with Crippen LogP contribution in [0.25, 0.3) is 0 Å². The minimum Gasteiger partial charge on any atom is -0.289 e. The fraction of sp³-hybridized carbons (Fsp3) is 0.222. The lowest BCUT2D eigenvalue weighted by Crippen LogP contribution is -2.31. The lowest BCUT2D eigenvalue weighted by atomic mass is 10.1. The average Bonchev–Trinajstić information content (AvgIpc) is 2.26. The highest BCUT2D eigenvalue weighted by atomic mass is 35.5. The molecular formula is C9H5ClF3NO2. The third-order valence-corrected chi connectivity index (χ3v) is 1.87. The van der Waals surface area contributed by atoms with Gasteiger partial charge >= 0.3 is 0 Å². The zero-order valence-corrected chi connectivity index (χ0v) is 8.42. The first kappa shape index (κ1) is 12.6. The van der Waals surface area contributed by atoms with Gasteiger partial charge in [-0.2, -0.15) is 0 Å². The van der Waals surface area contributed by atoms with E-state index in [9.17, 15) is 22.8 Å². The molecule has 16 heavy (non-hydrogen) atoms. The van der Waals surface area contributed by atoms with Crippen LogP contribution in [0.2, 0.25) is 5.15 Å². The molecule has 0 fully saturated rings. The summed E-state index contributed by atoms with van der Waals surface area (Å²) in [5.74, 6) is -3.50. The van der Waals surface area contributed by atoms with Crippen LogP contribution in [-0.4, -0.2) is 29.1 Å². The molecule has 0 amide bonds. The van der Waals surface area contributed by atoms with Crippen molar-refractivity contribution in [1.82, 2.24) is 4.98 Å². The summed E-state index contributed by atoms with van der Waals surface area (Å²) in [6.07, 6.45) is -6.44. The summed E-state index contributed by atoms with van der Waals surface area (Å²) >= 11 is 5.42. The number of carbonyl (C=O) groups excluding carboxylic acids is 2. The molecule has 0 bridgehead atoms. The van der Waals surface area contributed by atoms with E-state index >= 15 is 0 Å². The van der Waals surface area contributed by atoms with E-state index in [0.717, 1.165) is 6.07 Å². The van der Waals surface area contributed by atoms with Crippen LogP contribution in [-0.2, 0) is 4.79 Å². The van der Waals surface area contributed by atoms with Gasteiger partial charge in [0.2, 0.25) is 17.7 Å². The molecule has 0 N–H and O–H groups in total. The number of ketones is 2. The van der Waals surface area contributed by atoms with E-state index in [-0.39, 0.29) is 5.15 Å². The highest BCUT2D eigenvalue weighted by molar-refractivity contribution is 6.29. The third kappa shape index (κ3) is 2.79. The molecule has 1 aromatic rings. The van der Waals surface area contributed by atoms with Gasteiger partial charge in [-0.3, -0.25) is 9.59 Å².